The molecule has 0 atom stereocenters. The number of anilines is 1. The molecule has 0 bridgehead atoms. The number of benzene rings is 1. The van der Waals surface area contributed by atoms with Gasteiger partial charge in [0, 0.05) is 15.4 Å². The molecule has 23 heavy (non-hydrogen) atoms. The number of halogens is 1. The van der Waals surface area contributed by atoms with Crippen molar-refractivity contribution in [2.75, 3.05) is 19.1 Å². The maximum Gasteiger partial charge on any atom is 0.311 e. The third kappa shape index (κ3) is 5.33. The van der Waals surface area contributed by atoms with Crippen LogP contribution in [0.5, 0.6) is 5.75 Å². The highest BCUT2D eigenvalue weighted by molar-refractivity contribution is 9.10. The summed E-state index contributed by atoms with van der Waals surface area (Å²) in [6, 6.07) is 5.65. The summed E-state index contributed by atoms with van der Waals surface area (Å²) in [4.78, 5) is 15.7. The monoisotopic (exact) mass is 397 g/mol. The Labute approximate surface area is 146 Å². The van der Waals surface area contributed by atoms with Crippen LogP contribution in [-0.4, -0.2) is 30.9 Å². The van der Waals surface area contributed by atoms with Crippen LogP contribution >= 0.6 is 27.3 Å². The van der Waals surface area contributed by atoms with Gasteiger partial charge in [-0.3, -0.25) is 10.2 Å². The van der Waals surface area contributed by atoms with Gasteiger partial charge in [-0.2, -0.15) is 5.10 Å². The topological polar surface area (TPSA) is 72.8 Å². The number of hydrogen-bond acceptors (Lipinski definition) is 7. The molecule has 1 heterocycles. The zero-order valence-corrected chi connectivity index (χ0v) is 15.1. The summed E-state index contributed by atoms with van der Waals surface area (Å²) < 4.78 is 11.1. The number of rotatable bonds is 7. The van der Waals surface area contributed by atoms with E-state index in [0.29, 0.717) is 17.4 Å². The molecule has 0 saturated carbocycles. The second-order valence-electron chi connectivity index (χ2n) is 4.38. The summed E-state index contributed by atoms with van der Waals surface area (Å²) in [5, 5.41) is 6.55. The van der Waals surface area contributed by atoms with E-state index in [1.165, 1.54) is 11.3 Å². The first-order valence-corrected chi connectivity index (χ1v) is 8.52. The van der Waals surface area contributed by atoms with Gasteiger partial charge in [-0.15, -0.1) is 11.3 Å². The largest absolute Gasteiger partial charge is 0.496 e. The first kappa shape index (κ1) is 17.4. The molecular weight excluding hydrogens is 382 g/mol. The minimum atomic E-state index is -0.285. The van der Waals surface area contributed by atoms with Gasteiger partial charge in [-0.05, 0) is 25.1 Å². The van der Waals surface area contributed by atoms with Crippen molar-refractivity contribution >= 4 is 44.6 Å². The third-order valence-corrected chi connectivity index (χ3v) is 4.03. The Hall–Kier alpha value is -1.93. The molecule has 2 aromatic rings. The van der Waals surface area contributed by atoms with Crippen molar-refractivity contribution in [1.82, 2.24) is 4.98 Å². The van der Waals surface area contributed by atoms with Gasteiger partial charge in [0.15, 0.2) is 0 Å². The van der Waals surface area contributed by atoms with Gasteiger partial charge in [0.2, 0.25) is 5.13 Å². The first-order valence-electron chi connectivity index (χ1n) is 6.85. The lowest BCUT2D eigenvalue weighted by molar-refractivity contribution is -0.142. The van der Waals surface area contributed by atoms with E-state index in [1.807, 2.05) is 18.2 Å². The molecule has 6 nitrogen and oxygen atoms in total. The number of thiazole rings is 1. The molecule has 0 saturated heterocycles. The second kappa shape index (κ2) is 8.64. The molecule has 0 aliphatic heterocycles. The number of hydrogen-bond donors (Lipinski definition) is 1. The molecule has 0 spiro atoms. The maximum absolute atomic E-state index is 11.4. The van der Waals surface area contributed by atoms with E-state index < -0.39 is 0 Å². The fourth-order valence-electron chi connectivity index (χ4n) is 1.76. The molecule has 1 N–H and O–H groups in total. The SMILES string of the molecule is CCOC(=O)Cc1csc(N/N=C\c2cc(Br)ccc2OC)n1. The summed E-state index contributed by atoms with van der Waals surface area (Å²) >= 11 is 4.78. The molecule has 2 rings (SSSR count). The fraction of sp³-hybridized carbons (Fsp3) is 0.267. The third-order valence-electron chi connectivity index (χ3n) is 2.74. The fourth-order valence-corrected chi connectivity index (χ4v) is 2.80. The predicted molar refractivity (Wildman–Crippen MR) is 94.4 cm³/mol. The van der Waals surface area contributed by atoms with Crippen LogP contribution < -0.4 is 10.2 Å². The van der Waals surface area contributed by atoms with E-state index in [1.54, 1.807) is 25.6 Å². The zero-order chi connectivity index (χ0) is 16.7. The first-order chi connectivity index (χ1) is 11.1. The summed E-state index contributed by atoms with van der Waals surface area (Å²) in [5.74, 6) is 0.438. The van der Waals surface area contributed by atoms with Crippen LogP contribution in [0.25, 0.3) is 0 Å². The molecule has 0 aliphatic carbocycles. The number of ether oxygens (including phenoxy) is 2. The van der Waals surface area contributed by atoms with Gasteiger partial charge in [-0.25, -0.2) is 4.98 Å². The summed E-state index contributed by atoms with van der Waals surface area (Å²) in [5.41, 5.74) is 4.33. The smallest absolute Gasteiger partial charge is 0.311 e. The van der Waals surface area contributed by atoms with Crippen molar-refractivity contribution in [3.63, 3.8) is 0 Å². The summed E-state index contributed by atoms with van der Waals surface area (Å²) in [6.45, 7) is 2.14. The number of esters is 1. The predicted octanol–water partition coefficient (Wildman–Crippen LogP) is 3.47. The minimum Gasteiger partial charge on any atom is -0.496 e. The van der Waals surface area contributed by atoms with E-state index in [4.69, 9.17) is 9.47 Å². The van der Waals surface area contributed by atoms with E-state index in [2.05, 4.69) is 31.4 Å². The van der Waals surface area contributed by atoms with E-state index in [9.17, 15) is 4.79 Å². The molecule has 0 fully saturated rings. The number of carbonyl (C=O) groups excluding carboxylic acids is 1. The quantitative estimate of drug-likeness (QED) is 0.439. The lowest BCUT2D eigenvalue weighted by Gasteiger charge is -2.04. The second-order valence-corrected chi connectivity index (χ2v) is 6.16. The molecule has 122 valence electrons. The molecule has 1 aromatic heterocycles. The van der Waals surface area contributed by atoms with Crippen LogP contribution in [0.3, 0.4) is 0 Å². The van der Waals surface area contributed by atoms with Crippen molar-refractivity contribution in [1.29, 1.82) is 0 Å². The van der Waals surface area contributed by atoms with Gasteiger partial charge in [0.05, 0.1) is 32.0 Å². The van der Waals surface area contributed by atoms with Crippen molar-refractivity contribution in [2.24, 2.45) is 5.10 Å². The number of methoxy groups -OCH3 is 1. The number of hydrazone groups is 1. The van der Waals surface area contributed by atoms with Crippen LogP contribution in [0, 0.1) is 0 Å². The molecule has 0 aliphatic rings. The van der Waals surface area contributed by atoms with Crippen LogP contribution in [0.15, 0.2) is 33.2 Å². The summed E-state index contributed by atoms with van der Waals surface area (Å²) in [7, 11) is 1.61. The molecule has 8 heteroatoms. The van der Waals surface area contributed by atoms with Gasteiger partial charge in [-0.1, -0.05) is 15.9 Å². The maximum atomic E-state index is 11.4. The minimum absolute atomic E-state index is 0.162. The molecule has 0 amide bonds. The molecule has 1 aromatic carbocycles. The van der Waals surface area contributed by atoms with E-state index in [-0.39, 0.29) is 12.4 Å². The number of nitrogens with zero attached hydrogens (tertiary/aromatic N) is 2. The average Bonchev–Trinajstić information content (AvgIpc) is 2.95. The van der Waals surface area contributed by atoms with Crippen molar-refractivity contribution in [3.8, 4) is 5.75 Å². The van der Waals surface area contributed by atoms with Gasteiger partial charge >= 0.3 is 5.97 Å². The average molecular weight is 398 g/mol. The normalized spacial score (nSPS) is 10.7. The number of nitrogens with one attached hydrogen (secondary N) is 1. The Bertz CT molecular complexity index is 703. The Morgan fingerprint density at radius 1 is 1.52 bits per heavy atom. The zero-order valence-electron chi connectivity index (χ0n) is 12.7. The van der Waals surface area contributed by atoms with E-state index in [0.717, 1.165) is 15.8 Å². The molecule has 0 radical (unpaired) electrons. The Morgan fingerprint density at radius 3 is 3.09 bits per heavy atom. The highest BCUT2D eigenvalue weighted by Gasteiger charge is 2.08. The lowest BCUT2D eigenvalue weighted by atomic mass is 10.2. The van der Waals surface area contributed by atoms with Crippen LogP contribution in [0.4, 0.5) is 5.13 Å². The highest BCUT2D eigenvalue weighted by Crippen LogP contribution is 2.21. The summed E-state index contributed by atoms with van der Waals surface area (Å²) in [6.07, 6.45) is 1.81. The van der Waals surface area contributed by atoms with Crippen molar-refractivity contribution in [2.45, 2.75) is 13.3 Å². The highest BCUT2D eigenvalue weighted by atomic mass is 79.9. The van der Waals surface area contributed by atoms with Crippen LogP contribution in [0.2, 0.25) is 0 Å². The number of carbonyl (C=O) groups is 1. The number of aromatic nitrogens is 1. The van der Waals surface area contributed by atoms with Crippen molar-refractivity contribution < 1.29 is 14.3 Å². The van der Waals surface area contributed by atoms with E-state index >= 15 is 0 Å². The van der Waals surface area contributed by atoms with Crippen LogP contribution in [0.1, 0.15) is 18.2 Å². The lowest BCUT2D eigenvalue weighted by Crippen LogP contribution is -2.07. The Balaban J connectivity index is 1.97. The van der Waals surface area contributed by atoms with Gasteiger partial charge < -0.3 is 9.47 Å². The standard InChI is InChI=1S/C15H16BrN3O3S/c1-3-22-14(20)7-12-9-23-15(18-12)19-17-8-10-6-11(16)4-5-13(10)21-2/h4-6,8-9H,3,7H2,1-2H3,(H,18,19)/b17-8-. The van der Waals surface area contributed by atoms with Gasteiger partial charge in [0.25, 0.3) is 0 Å². The Morgan fingerprint density at radius 2 is 2.35 bits per heavy atom. The molecular formula is C15H16BrN3O3S. The molecule has 0 unspecified atom stereocenters. The van der Waals surface area contributed by atoms with Crippen molar-refractivity contribution in [3.05, 3.63) is 39.3 Å². The van der Waals surface area contributed by atoms with Crippen LogP contribution in [-0.2, 0) is 16.0 Å². The van der Waals surface area contributed by atoms with Gasteiger partial charge in [0.1, 0.15) is 5.75 Å². The Kier molecular flexibility index (Phi) is 6.54.